The molecule has 1 N–H and O–H groups in total. The van der Waals surface area contributed by atoms with E-state index in [2.05, 4.69) is 35.2 Å². The first-order chi connectivity index (χ1) is 10.8. The minimum Gasteiger partial charge on any atom is -0.309 e. The summed E-state index contributed by atoms with van der Waals surface area (Å²) in [6, 6.07) is 4.52. The standard InChI is InChI=1S/C17H20F3N3/c1-11(2)16-12(3)6-14(10-23-16)8-21-7-13-4-5-15(22-9-13)17(18,19)20/h4-6,9-11,21H,7-8H2,1-3H3. The first-order valence-electron chi connectivity index (χ1n) is 7.45. The van der Waals surface area contributed by atoms with Crippen LogP contribution in [0.2, 0.25) is 0 Å². The third-order valence-corrected chi connectivity index (χ3v) is 3.50. The van der Waals surface area contributed by atoms with Gasteiger partial charge < -0.3 is 5.32 Å². The number of aromatic nitrogens is 2. The maximum atomic E-state index is 12.4. The van der Waals surface area contributed by atoms with Crippen molar-refractivity contribution in [3.63, 3.8) is 0 Å². The molecule has 0 spiro atoms. The van der Waals surface area contributed by atoms with Crippen molar-refractivity contribution in [3.8, 4) is 0 Å². The predicted molar refractivity (Wildman–Crippen MR) is 82.8 cm³/mol. The molecular weight excluding hydrogens is 303 g/mol. The number of pyridine rings is 2. The summed E-state index contributed by atoms with van der Waals surface area (Å²) in [7, 11) is 0. The van der Waals surface area contributed by atoms with E-state index in [1.807, 2.05) is 13.1 Å². The van der Waals surface area contributed by atoms with Crippen molar-refractivity contribution in [1.29, 1.82) is 0 Å². The highest BCUT2D eigenvalue weighted by Crippen LogP contribution is 2.27. The van der Waals surface area contributed by atoms with Crippen LogP contribution in [0.5, 0.6) is 0 Å². The van der Waals surface area contributed by atoms with Crippen molar-refractivity contribution in [2.75, 3.05) is 0 Å². The van der Waals surface area contributed by atoms with Gasteiger partial charge in [0, 0.05) is 31.2 Å². The summed E-state index contributed by atoms with van der Waals surface area (Å²) in [5.74, 6) is 0.384. The molecule has 0 atom stereocenters. The number of halogens is 3. The minimum atomic E-state index is -4.40. The molecule has 0 radical (unpaired) electrons. The zero-order chi connectivity index (χ0) is 17.0. The second-order valence-corrected chi connectivity index (χ2v) is 5.85. The molecule has 3 nitrogen and oxygen atoms in total. The van der Waals surface area contributed by atoms with Crippen molar-refractivity contribution in [2.45, 2.75) is 46.0 Å². The Labute approximate surface area is 134 Å². The fourth-order valence-electron chi connectivity index (χ4n) is 2.39. The zero-order valence-electron chi connectivity index (χ0n) is 13.4. The molecule has 0 aliphatic carbocycles. The third kappa shape index (κ3) is 4.76. The fraction of sp³-hybridized carbons (Fsp3) is 0.412. The van der Waals surface area contributed by atoms with Gasteiger partial charge in [-0.15, -0.1) is 0 Å². The topological polar surface area (TPSA) is 37.8 Å². The van der Waals surface area contributed by atoms with Gasteiger partial charge in [0.2, 0.25) is 0 Å². The van der Waals surface area contributed by atoms with Crippen LogP contribution in [0, 0.1) is 6.92 Å². The van der Waals surface area contributed by atoms with Crippen LogP contribution in [0.1, 0.15) is 47.8 Å². The molecule has 2 heterocycles. The van der Waals surface area contributed by atoms with Crippen molar-refractivity contribution >= 4 is 0 Å². The van der Waals surface area contributed by atoms with Gasteiger partial charge in [-0.2, -0.15) is 13.2 Å². The maximum absolute atomic E-state index is 12.4. The normalized spacial score (nSPS) is 12.0. The largest absolute Gasteiger partial charge is 0.433 e. The highest BCUT2D eigenvalue weighted by molar-refractivity contribution is 5.26. The molecule has 6 heteroatoms. The highest BCUT2D eigenvalue weighted by atomic mass is 19.4. The van der Waals surface area contributed by atoms with Gasteiger partial charge in [0.1, 0.15) is 5.69 Å². The van der Waals surface area contributed by atoms with E-state index in [1.165, 1.54) is 12.3 Å². The van der Waals surface area contributed by atoms with Crippen LogP contribution in [-0.2, 0) is 19.3 Å². The van der Waals surface area contributed by atoms with E-state index in [0.29, 0.717) is 24.6 Å². The second-order valence-electron chi connectivity index (χ2n) is 5.85. The molecule has 23 heavy (non-hydrogen) atoms. The summed E-state index contributed by atoms with van der Waals surface area (Å²) in [6.07, 6.45) is -1.31. The van der Waals surface area contributed by atoms with Gasteiger partial charge in [0.05, 0.1) is 0 Å². The van der Waals surface area contributed by atoms with Crippen LogP contribution >= 0.6 is 0 Å². The molecule has 0 unspecified atom stereocenters. The summed E-state index contributed by atoms with van der Waals surface area (Å²) < 4.78 is 37.3. The van der Waals surface area contributed by atoms with Crippen LogP contribution in [0.3, 0.4) is 0 Å². The molecular formula is C17H20F3N3. The lowest BCUT2D eigenvalue weighted by molar-refractivity contribution is -0.141. The molecule has 0 saturated carbocycles. The van der Waals surface area contributed by atoms with Gasteiger partial charge >= 0.3 is 6.18 Å². The Kier molecular flexibility index (Phi) is 5.36. The summed E-state index contributed by atoms with van der Waals surface area (Å²) >= 11 is 0. The Morgan fingerprint density at radius 1 is 1.04 bits per heavy atom. The second kappa shape index (κ2) is 7.08. The molecule has 0 aromatic carbocycles. The van der Waals surface area contributed by atoms with E-state index in [9.17, 15) is 13.2 Å². The molecule has 0 fully saturated rings. The Hall–Kier alpha value is -1.95. The van der Waals surface area contributed by atoms with Gasteiger partial charge in [0.25, 0.3) is 0 Å². The van der Waals surface area contributed by atoms with Crippen LogP contribution in [-0.4, -0.2) is 9.97 Å². The number of aryl methyl sites for hydroxylation is 1. The summed E-state index contributed by atoms with van der Waals surface area (Å²) in [6.45, 7) is 7.30. The molecule has 2 aromatic heterocycles. The highest BCUT2D eigenvalue weighted by Gasteiger charge is 2.31. The van der Waals surface area contributed by atoms with Gasteiger partial charge in [-0.1, -0.05) is 26.0 Å². The SMILES string of the molecule is Cc1cc(CNCc2ccc(C(F)(F)F)nc2)cnc1C(C)C. The van der Waals surface area contributed by atoms with E-state index >= 15 is 0 Å². The molecule has 0 bridgehead atoms. The van der Waals surface area contributed by atoms with Crippen molar-refractivity contribution in [2.24, 2.45) is 0 Å². The first-order valence-corrected chi connectivity index (χ1v) is 7.45. The average molecular weight is 323 g/mol. The Balaban J connectivity index is 1.91. The van der Waals surface area contributed by atoms with Gasteiger partial charge in [0.15, 0.2) is 0 Å². The zero-order valence-corrected chi connectivity index (χ0v) is 13.4. The van der Waals surface area contributed by atoms with Crippen LogP contribution in [0.15, 0.2) is 30.6 Å². The van der Waals surface area contributed by atoms with E-state index in [-0.39, 0.29) is 0 Å². The lowest BCUT2D eigenvalue weighted by atomic mass is 10.0. The lowest BCUT2D eigenvalue weighted by Gasteiger charge is -2.11. The average Bonchev–Trinajstić information content (AvgIpc) is 2.46. The molecule has 0 saturated heterocycles. The maximum Gasteiger partial charge on any atom is 0.433 e. The predicted octanol–water partition coefficient (Wildman–Crippen LogP) is 4.22. The van der Waals surface area contributed by atoms with E-state index in [1.54, 1.807) is 0 Å². The summed E-state index contributed by atoms with van der Waals surface area (Å²) in [4.78, 5) is 7.91. The lowest BCUT2D eigenvalue weighted by Crippen LogP contribution is -2.14. The van der Waals surface area contributed by atoms with Gasteiger partial charge in [-0.25, -0.2) is 0 Å². The number of nitrogens with zero attached hydrogens (tertiary/aromatic N) is 2. The van der Waals surface area contributed by atoms with E-state index < -0.39 is 11.9 Å². The molecule has 124 valence electrons. The number of nitrogens with one attached hydrogen (secondary N) is 1. The van der Waals surface area contributed by atoms with Crippen LogP contribution < -0.4 is 5.32 Å². The monoisotopic (exact) mass is 323 g/mol. The fourth-order valence-corrected chi connectivity index (χ4v) is 2.39. The van der Waals surface area contributed by atoms with Crippen LogP contribution in [0.25, 0.3) is 0 Å². The number of rotatable bonds is 5. The van der Waals surface area contributed by atoms with Gasteiger partial charge in [-0.05, 0) is 35.6 Å². The minimum absolute atomic E-state index is 0.384. The Morgan fingerprint density at radius 2 is 1.70 bits per heavy atom. The van der Waals surface area contributed by atoms with Gasteiger partial charge in [-0.3, -0.25) is 9.97 Å². The molecule has 2 rings (SSSR count). The van der Waals surface area contributed by atoms with Crippen molar-refractivity contribution in [1.82, 2.24) is 15.3 Å². The Morgan fingerprint density at radius 3 is 2.22 bits per heavy atom. The smallest absolute Gasteiger partial charge is 0.309 e. The number of alkyl halides is 3. The molecule has 0 aliphatic rings. The van der Waals surface area contributed by atoms with E-state index in [0.717, 1.165) is 22.9 Å². The summed E-state index contributed by atoms with van der Waals surface area (Å²) in [5, 5.41) is 3.19. The molecule has 0 amide bonds. The van der Waals surface area contributed by atoms with Crippen molar-refractivity contribution < 1.29 is 13.2 Å². The molecule has 2 aromatic rings. The third-order valence-electron chi connectivity index (χ3n) is 3.50. The Bertz CT molecular complexity index is 649. The molecule has 0 aliphatic heterocycles. The number of hydrogen-bond donors (Lipinski definition) is 1. The number of hydrogen-bond acceptors (Lipinski definition) is 3. The summed E-state index contributed by atoms with van der Waals surface area (Å²) in [5.41, 5.74) is 3.12. The first kappa shape index (κ1) is 17.4. The van der Waals surface area contributed by atoms with E-state index in [4.69, 9.17) is 0 Å². The quantitative estimate of drug-likeness (QED) is 0.895. The van der Waals surface area contributed by atoms with Crippen LogP contribution in [0.4, 0.5) is 13.2 Å². The van der Waals surface area contributed by atoms with Crippen molar-refractivity contribution in [3.05, 3.63) is 58.7 Å².